The van der Waals surface area contributed by atoms with Crippen LogP contribution in [-0.2, 0) is 13.0 Å². The second-order valence-electron chi connectivity index (χ2n) is 4.48. The Kier molecular flexibility index (Phi) is 4.32. The van der Waals surface area contributed by atoms with Crippen molar-refractivity contribution in [2.45, 2.75) is 33.7 Å². The standard InChI is InChI=1S/C15H18N2OS/c1-4-12-5-7-13(8-6-12)16-9-14-17-10(2)15(19-14)11(3)18/h5-8,16H,4,9H2,1-3H3. The van der Waals surface area contributed by atoms with Crippen molar-refractivity contribution in [3.63, 3.8) is 0 Å². The highest BCUT2D eigenvalue weighted by atomic mass is 32.1. The maximum Gasteiger partial charge on any atom is 0.171 e. The number of benzene rings is 1. The van der Waals surface area contributed by atoms with Gasteiger partial charge in [0.2, 0.25) is 0 Å². The minimum atomic E-state index is 0.0912. The molecule has 3 nitrogen and oxygen atoms in total. The van der Waals surface area contributed by atoms with E-state index in [4.69, 9.17) is 0 Å². The Bertz CT molecular complexity index is 572. The van der Waals surface area contributed by atoms with E-state index in [2.05, 4.69) is 41.5 Å². The summed E-state index contributed by atoms with van der Waals surface area (Å²) in [5, 5.41) is 4.27. The summed E-state index contributed by atoms with van der Waals surface area (Å²) in [5.74, 6) is 0.0912. The molecule has 0 atom stereocenters. The lowest BCUT2D eigenvalue weighted by Gasteiger charge is -2.04. The maximum absolute atomic E-state index is 11.4. The molecule has 0 radical (unpaired) electrons. The third-order valence-electron chi connectivity index (χ3n) is 2.97. The number of nitrogens with zero attached hydrogens (tertiary/aromatic N) is 1. The van der Waals surface area contributed by atoms with E-state index >= 15 is 0 Å². The molecular weight excluding hydrogens is 256 g/mol. The van der Waals surface area contributed by atoms with Gasteiger partial charge in [-0.1, -0.05) is 19.1 Å². The van der Waals surface area contributed by atoms with Crippen molar-refractivity contribution in [3.05, 3.63) is 45.4 Å². The molecule has 0 saturated carbocycles. The number of thiazole rings is 1. The number of carbonyl (C=O) groups excluding carboxylic acids is 1. The number of rotatable bonds is 5. The first kappa shape index (κ1) is 13.7. The molecule has 0 saturated heterocycles. The molecule has 100 valence electrons. The summed E-state index contributed by atoms with van der Waals surface area (Å²) in [6, 6.07) is 8.39. The van der Waals surface area contributed by atoms with Gasteiger partial charge in [0.15, 0.2) is 5.78 Å². The number of ketones is 1. The molecule has 0 aliphatic carbocycles. The average molecular weight is 274 g/mol. The minimum Gasteiger partial charge on any atom is -0.379 e. The summed E-state index contributed by atoms with van der Waals surface area (Å²) < 4.78 is 0. The van der Waals surface area contributed by atoms with E-state index < -0.39 is 0 Å². The van der Waals surface area contributed by atoms with Gasteiger partial charge in [-0.3, -0.25) is 4.79 Å². The van der Waals surface area contributed by atoms with Crippen molar-refractivity contribution in [2.24, 2.45) is 0 Å². The first-order valence-corrected chi connectivity index (χ1v) is 7.22. The highest BCUT2D eigenvalue weighted by molar-refractivity contribution is 7.13. The lowest BCUT2D eigenvalue weighted by atomic mass is 10.1. The first-order chi connectivity index (χ1) is 9.10. The Morgan fingerprint density at radius 3 is 2.53 bits per heavy atom. The Morgan fingerprint density at radius 1 is 1.32 bits per heavy atom. The van der Waals surface area contributed by atoms with E-state index in [9.17, 15) is 4.79 Å². The molecule has 1 heterocycles. The highest BCUT2D eigenvalue weighted by Gasteiger charge is 2.10. The van der Waals surface area contributed by atoms with Crippen LogP contribution in [0.5, 0.6) is 0 Å². The summed E-state index contributed by atoms with van der Waals surface area (Å²) in [6.07, 6.45) is 1.05. The lowest BCUT2D eigenvalue weighted by Crippen LogP contribution is -1.98. The molecule has 1 aromatic heterocycles. The Hall–Kier alpha value is -1.68. The monoisotopic (exact) mass is 274 g/mol. The van der Waals surface area contributed by atoms with Gasteiger partial charge in [0, 0.05) is 12.6 Å². The average Bonchev–Trinajstić information content (AvgIpc) is 2.78. The Balaban J connectivity index is 2.01. The molecule has 1 aromatic carbocycles. The number of aromatic nitrogens is 1. The Labute approximate surface area is 117 Å². The topological polar surface area (TPSA) is 42.0 Å². The molecule has 0 aliphatic rings. The van der Waals surface area contributed by atoms with Gasteiger partial charge in [0.25, 0.3) is 0 Å². The van der Waals surface area contributed by atoms with Gasteiger partial charge in [-0.25, -0.2) is 4.98 Å². The molecule has 2 aromatic rings. The zero-order valence-electron chi connectivity index (χ0n) is 11.5. The van der Waals surface area contributed by atoms with Gasteiger partial charge in [0.1, 0.15) is 5.01 Å². The largest absolute Gasteiger partial charge is 0.379 e. The molecular formula is C15H18N2OS. The van der Waals surface area contributed by atoms with Crippen LogP contribution in [0.3, 0.4) is 0 Å². The summed E-state index contributed by atoms with van der Waals surface area (Å²) in [5.41, 5.74) is 3.24. The number of aryl methyl sites for hydroxylation is 2. The van der Waals surface area contributed by atoms with Crippen LogP contribution < -0.4 is 5.32 Å². The highest BCUT2D eigenvalue weighted by Crippen LogP contribution is 2.20. The fraction of sp³-hybridized carbons (Fsp3) is 0.333. The SMILES string of the molecule is CCc1ccc(NCc2nc(C)c(C(C)=O)s2)cc1. The number of carbonyl (C=O) groups is 1. The van der Waals surface area contributed by atoms with E-state index in [1.807, 2.05) is 6.92 Å². The number of anilines is 1. The molecule has 0 spiro atoms. The van der Waals surface area contributed by atoms with Gasteiger partial charge in [-0.05, 0) is 31.0 Å². The maximum atomic E-state index is 11.4. The molecule has 19 heavy (non-hydrogen) atoms. The second kappa shape index (κ2) is 5.97. The number of Topliss-reactive ketones (excluding diaryl/α,β-unsaturated/α-hetero) is 1. The van der Waals surface area contributed by atoms with Crippen LogP contribution in [0.15, 0.2) is 24.3 Å². The first-order valence-electron chi connectivity index (χ1n) is 6.40. The van der Waals surface area contributed by atoms with E-state index in [1.54, 1.807) is 6.92 Å². The molecule has 1 N–H and O–H groups in total. The van der Waals surface area contributed by atoms with E-state index in [1.165, 1.54) is 16.9 Å². The fourth-order valence-corrected chi connectivity index (χ4v) is 2.79. The molecule has 0 bridgehead atoms. The zero-order chi connectivity index (χ0) is 13.8. The van der Waals surface area contributed by atoms with Crippen molar-refractivity contribution in [2.75, 3.05) is 5.32 Å². The van der Waals surface area contributed by atoms with Crippen LogP contribution in [-0.4, -0.2) is 10.8 Å². The lowest BCUT2D eigenvalue weighted by molar-refractivity contribution is 0.102. The van der Waals surface area contributed by atoms with Gasteiger partial charge < -0.3 is 5.32 Å². The number of hydrogen-bond acceptors (Lipinski definition) is 4. The van der Waals surface area contributed by atoms with Crippen molar-refractivity contribution in [1.82, 2.24) is 4.98 Å². The molecule has 0 unspecified atom stereocenters. The summed E-state index contributed by atoms with van der Waals surface area (Å²) in [4.78, 5) is 16.6. The second-order valence-corrected chi connectivity index (χ2v) is 5.57. The third-order valence-corrected chi connectivity index (χ3v) is 4.22. The number of hydrogen-bond donors (Lipinski definition) is 1. The fourth-order valence-electron chi connectivity index (χ4n) is 1.89. The van der Waals surface area contributed by atoms with Crippen molar-refractivity contribution in [1.29, 1.82) is 0 Å². The van der Waals surface area contributed by atoms with E-state index in [-0.39, 0.29) is 5.78 Å². The minimum absolute atomic E-state index is 0.0912. The van der Waals surface area contributed by atoms with Crippen LogP contribution in [0, 0.1) is 6.92 Å². The number of nitrogens with one attached hydrogen (secondary N) is 1. The molecule has 0 aliphatic heterocycles. The Morgan fingerprint density at radius 2 is 2.00 bits per heavy atom. The molecule has 0 amide bonds. The predicted octanol–water partition coefficient (Wildman–Crippen LogP) is 3.83. The van der Waals surface area contributed by atoms with Crippen molar-refractivity contribution < 1.29 is 4.79 Å². The molecule has 4 heteroatoms. The normalized spacial score (nSPS) is 10.5. The van der Waals surface area contributed by atoms with Crippen LogP contribution in [0.1, 0.15) is 39.8 Å². The molecule has 0 fully saturated rings. The zero-order valence-corrected chi connectivity index (χ0v) is 12.3. The van der Waals surface area contributed by atoms with Crippen molar-refractivity contribution in [3.8, 4) is 0 Å². The molecule has 2 rings (SSSR count). The van der Waals surface area contributed by atoms with Crippen LogP contribution in [0.4, 0.5) is 5.69 Å². The van der Waals surface area contributed by atoms with Crippen LogP contribution in [0.25, 0.3) is 0 Å². The van der Waals surface area contributed by atoms with E-state index in [0.717, 1.165) is 27.7 Å². The summed E-state index contributed by atoms with van der Waals surface area (Å²) in [6.45, 7) is 6.27. The predicted molar refractivity (Wildman–Crippen MR) is 80.0 cm³/mol. The van der Waals surface area contributed by atoms with Crippen molar-refractivity contribution >= 4 is 22.8 Å². The summed E-state index contributed by atoms with van der Waals surface area (Å²) >= 11 is 1.47. The van der Waals surface area contributed by atoms with Gasteiger partial charge in [-0.2, -0.15) is 0 Å². The smallest absolute Gasteiger partial charge is 0.171 e. The van der Waals surface area contributed by atoms with Crippen LogP contribution in [0.2, 0.25) is 0 Å². The quantitative estimate of drug-likeness (QED) is 0.843. The third kappa shape index (κ3) is 3.41. The van der Waals surface area contributed by atoms with Gasteiger partial charge >= 0.3 is 0 Å². The van der Waals surface area contributed by atoms with Gasteiger partial charge in [-0.15, -0.1) is 11.3 Å². The van der Waals surface area contributed by atoms with Gasteiger partial charge in [0.05, 0.1) is 17.1 Å². The van der Waals surface area contributed by atoms with Crippen LogP contribution >= 0.6 is 11.3 Å². The van der Waals surface area contributed by atoms with E-state index in [0.29, 0.717) is 6.54 Å². The summed E-state index contributed by atoms with van der Waals surface area (Å²) in [7, 11) is 0.